The van der Waals surface area contributed by atoms with Crippen LogP contribution in [0.1, 0.15) is 45.0 Å². The van der Waals surface area contributed by atoms with Crippen molar-refractivity contribution in [2.24, 2.45) is 11.7 Å². The SMILES string of the molecule is CC(C)C(F)(F)C(C)(N)COc1ccc(-c2ccnc(C(F)F)c2)nc1C(F)F. The first kappa shape index (κ1) is 22.9. The van der Waals surface area contributed by atoms with Crippen molar-refractivity contribution in [3.8, 4) is 17.0 Å². The molecule has 10 heteroatoms. The number of aromatic nitrogens is 2. The molecule has 0 radical (unpaired) electrons. The van der Waals surface area contributed by atoms with Crippen molar-refractivity contribution in [3.05, 3.63) is 41.9 Å². The van der Waals surface area contributed by atoms with Crippen LogP contribution in [-0.4, -0.2) is 28.0 Å². The van der Waals surface area contributed by atoms with Gasteiger partial charge in [-0.15, -0.1) is 0 Å². The molecular weight excluding hydrogens is 400 g/mol. The molecule has 0 saturated heterocycles. The predicted octanol–water partition coefficient (Wildman–Crippen LogP) is 5.41. The summed E-state index contributed by atoms with van der Waals surface area (Å²) in [5.74, 6) is -4.82. The van der Waals surface area contributed by atoms with Gasteiger partial charge >= 0.3 is 0 Å². The number of nitrogens with zero attached hydrogens (tertiary/aromatic N) is 2. The third-order valence-electron chi connectivity index (χ3n) is 4.41. The zero-order chi connectivity index (χ0) is 22.0. The minimum absolute atomic E-state index is 0.0139. The number of pyridine rings is 2. The molecule has 0 amide bonds. The second-order valence-corrected chi connectivity index (χ2v) is 7.13. The molecule has 0 saturated carbocycles. The summed E-state index contributed by atoms with van der Waals surface area (Å²) in [6, 6.07) is 4.75. The smallest absolute Gasteiger partial charge is 0.284 e. The van der Waals surface area contributed by atoms with Gasteiger partial charge in [0, 0.05) is 17.7 Å². The molecule has 1 atom stereocenters. The molecule has 0 fully saturated rings. The summed E-state index contributed by atoms with van der Waals surface area (Å²) in [5, 5.41) is 0. The average Bonchev–Trinajstić information content (AvgIpc) is 2.66. The number of hydrogen-bond donors (Lipinski definition) is 1. The van der Waals surface area contributed by atoms with E-state index in [2.05, 4.69) is 9.97 Å². The third kappa shape index (κ3) is 4.98. The zero-order valence-electron chi connectivity index (χ0n) is 16.0. The Labute approximate surface area is 164 Å². The monoisotopic (exact) mass is 421 g/mol. The van der Waals surface area contributed by atoms with Crippen LogP contribution in [0, 0.1) is 5.92 Å². The van der Waals surface area contributed by atoms with E-state index in [0.717, 1.165) is 25.3 Å². The fourth-order valence-electron chi connectivity index (χ4n) is 2.61. The maximum Gasteiger partial charge on any atom is 0.284 e. The van der Waals surface area contributed by atoms with Gasteiger partial charge in [0.05, 0.1) is 5.69 Å². The first-order chi connectivity index (χ1) is 13.4. The van der Waals surface area contributed by atoms with Crippen LogP contribution in [0.2, 0.25) is 0 Å². The minimum Gasteiger partial charge on any atom is -0.489 e. The van der Waals surface area contributed by atoms with Crippen molar-refractivity contribution in [2.45, 2.75) is 45.1 Å². The molecule has 0 aromatic carbocycles. The molecule has 160 valence electrons. The topological polar surface area (TPSA) is 61.0 Å². The van der Waals surface area contributed by atoms with Crippen LogP contribution in [-0.2, 0) is 0 Å². The highest BCUT2D eigenvalue weighted by molar-refractivity contribution is 5.60. The van der Waals surface area contributed by atoms with E-state index in [1.807, 2.05) is 0 Å². The van der Waals surface area contributed by atoms with Gasteiger partial charge < -0.3 is 10.5 Å². The Hall–Kier alpha value is -2.36. The Morgan fingerprint density at radius 3 is 2.28 bits per heavy atom. The van der Waals surface area contributed by atoms with Gasteiger partial charge in [-0.25, -0.2) is 31.3 Å². The Morgan fingerprint density at radius 1 is 1.07 bits per heavy atom. The normalized spacial score (nSPS) is 14.5. The molecule has 0 aliphatic heterocycles. The van der Waals surface area contributed by atoms with Crippen molar-refractivity contribution in [2.75, 3.05) is 6.61 Å². The largest absolute Gasteiger partial charge is 0.489 e. The van der Waals surface area contributed by atoms with E-state index in [4.69, 9.17) is 10.5 Å². The number of nitrogens with two attached hydrogens (primary N) is 1. The Kier molecular flexibility index (Phi) is 6.77. The summed E-state index contributed by atoms with van der Waals surface area (Å²) in [6.07, 6.45) is -4.81. The van der Waals surface area contributed by atoms with Gasteiger partial charge in [-0.2, -0.15) is 0 Å². The third-order valence-corrected chi connectivity index (χ3v) is 4.41. The standard InChI is InChI=1S/C19H21F6N3O/c1-10(2)19(24,25)18(3,26)9-29-14-5-4-12(28-15(14)17(22)23)11-6-7-27-13(8-11)16(20)21/h4-8,10,16-17H,9,26H2,1-3H3. The second kappa shape index (κ2) is 8.56. The lowest BCUT2D eigenvalue weighted by molar-refractivity contribution is -0.117. The van der Waals surface area contributed by atoms with Gasteiger partial charge in [-0.05, 0) is 31.2 Å². The molecule has 4 nitrogen and oxygen atoms in total. The number of rotatable bonds is 8. The van der Waals surface area contributed by atoms with E-state index in [-0.39, 0.29) is 11.3 Å². The molecule has 0 bridgehead atoms. The van der Waals surface area contributed by atoms with Gasteiger partial charge in [-0.1, -0.05) is 13.8 Å². The van der Waals surface area contributed by atoms with Gasteiger partial charge in [0.15, 0.2) is 0 Å². The van der Waals surface area contributed by atoms with Gasteiger partial charge in [-0.3, -0.25) is 4.98 Å². The molecule has 2 aromatic rings. The van der Waals surface area contributed by atoms with Crippen molar-refractivity contribution in [1.29, 1.82) is 0 Å². The second-order valence-electron chi connectivity index (χ2n) is 7.13. The first-order valence-corrected chi connectivity index (χ1v) is 8.70. The lowest BCUT2D eigenvalue weighted by Crippen LogP contribution is -2.59. The number of alkyl halides is 6. The summed E-state index contributed by atoms with van der Waals surface area (Å²) >= 11 is 0. The van der Waals surface area contributed by atoms with Gasteiger partial charge in [0.2, 0.25) is 0 Å². The van der Waals surface area contributed by atoms with E-state index >= 15 is 0 Å². The van der Waals surface area contributed by atoms with Crippen LogP contribution >= 0.6 is 0 Å². The Bertz CT molecular complexity index is 842. The van der Waals surface area contributed by atoms with Crippen molar-refractivity contribution in [3.63, 3.8) is 0 Å². The maximum atomic E-state index is 14.2. The quantitative estimate of drug-likeness (QED) is 0.580. The number of halogens is 6. The Balaban J connectivity index is 2.32. The molecular formula is C19H21F6N3O. The zero-order valence-corrected chi connectivity index (χ0v) is 16.0. The van der Waals surface area contributed by atoms with E-state index in [0.29, 0.717) is 0 Å². The summed E-state index contributed by atoms with van der Waals surface area (Å²) in [5.41, 5.74) is 2.36. The van der Waals surface area contributed by atoms with E-state index in [1.54, 1.807) is 0 Å². The molecule has 0 spiro atoms. The molecule has 0 aliphatic rings. The van der Waals surface area contributed by atoms with E-state index in [1.165, 1.54) is 26.0 Å². The van der Waals surface area contributed by atoms with Crippen LogP contribution in [0.25, 0.3) is 11.3 Å². The molecule has 2 heterocycles. The lowest BCUT2D eigenvalue weighted by Gasteiger charge is -2.36. The molecule has 29 heavy (non-hydrogen) atoms. The average molecular weight is 421 g/mol. The molecule has 1 unspecified atom stereocenters. The molecule has 2 N–H and O–H groups in total. The molecule has 0 aliphatic carbocycles. The van der Waals surface area contributed by atoms with Gasteiger partial charge in [0.1, 0.15) is 29.3 Å². The lowest BCUT2D eigenvalue weighted by atomic mass is 9.87. The summed E-state index contributed by atoms with van der Waals surface area (Å²) in [6.45, 7) is 2.91. The number of ether oxygens (including phenoxy) is 1. The highest BCUT2D eigenvalue weighted by Gasteiger charge is 2.50. The van der Waals surface area contributed by atoms with E-state index < -0.39 is 54.0 Å². The Morgan fingerprint density at radius 2 is 1.72 bits per heavy atom. The molecule has 2 rings (SSSR count). The van der Waals surface area contributed by atoms with Crippen molar-refractivity contribution in [1.82, 2.24) is 9.97 Å². The van der Waals surface area contributed by atoms with Crippen molar-refractivity contribution >= 4 is 0 Å². The molecule has 2 aromatic heterocycles. The predicted molar refractivity (Wildman–Crippen MR) is 95.3 cm³/mol. The number of hydrogen-bond acceptors (Lipinski definition) is 4. The van der Waals surface area contributed by atoms with Crippen molar-refractivity contribution < 1.29 is 31.1 Å². The van der Waals surface area contributed by atoms with E-state index in [9.17, 15) is 26.3 Å². The fourth-order valence-corrected chi connectivity index (χ4v) is 2.61. The first-order valence-electron chi connectivity index (χ1n) is 8.70. The maximum absolute atomic E-state index is 14.2. The summed E-state index contributed by atoms with van der Waals surface area (Å²) in [4.78, 5) is 7.26. The van der Waals surface area contributed by atoms with Crippen LogP contribution in [0.5, 0.6) is 5.75 Å². The van der Waals surface area contributed by atoms with Crippen LogP contribution < -0.4 is 10.5 Å². The van der Waals surface area contributed by atoms with Crippen LogP contribution in [0.15, 0.2) is 30.5 Å². The highest BCUT2D eigenvalue weighted by Crippen LogP contribution is 2.36. The summed E-state index contributed by atoms with van der Waals surface area (Å²) < 4.78 is 86.2. The minimum atomic E-state index is -3.31. The van der Waals surface area contributed by atoms with Crippen LogP contribution in [0.3, 0.4) is 0 Å². The van der Waals surface area contributed by atoms with Gasteiger partial charge in [0.25, 0.3) is 18.8 Å². The highest BCUT2D eigenvalue weighted by atomic mass is 19.3. The summed E-state index contributed by atoms with van der Waals surface area (Å²) in [7, 11) is 0. The fraction of sp³-hybridized carbons (Fsp3) is 0.474. The van der Waals surface area contributed by atoms with Crippen LogP contribution in [0.4, 0.5) is 26.3 Å².